The van der Waals surface area contributed by atoms with Crippen LogP contribution in [0.2, 0.25) is 0 Å². The van der Waals surface area contributed by atoms with E-state index in [-0.39, 0.29) is 10.8 Å². The summed E-state index contributed by atoms with van der Waals surface area (Å²) < 4.78 is 1.11. The maximum absolute atomic E-state index is 5.19. The van der Waals surface area contributed by atoms with Gasteiger partial charge in [-0.1, -0.05) is 127 Å². The summed E-state index contributed by atoms with van der Waals surface area (Å²) in [5.74, 6) is 1.39. The highest BCUT2D eigenvalue weighted by atomic mass is 79.9. The Kier molecular flexibility index (Phi) is 7.42. The molecule has 3 heterocycles. The van der Waals surface area contributed by atoms with Crippen molar-refractivity contribution in [3.63, 3.8) is 0 Å². The Labute approximate surface area is 295 Å². The highest BCUT2D eigenvalue weighted by Crippen LogP contribution is 2.59. The Hall–Kier alpha value is -4.74. The third kappa shape index (κ3) is 5.27. The van der Waals surface area contributed by atoms with Gasteiger partial charge in [0.25, 0.3) is 0 Å². The fourth-order valence-corrected chi connectivity index (χ4v) is 9.78. The zero-order valence-corrected chi connectivity index (χ0v) is 29.2. The quantitative estimate of drug-likeness (QED) is 0.179. The second kappa shape index (κ2) is 12.0. The molecule has 2 fully saturated rings. The van der Waals surface area contributed by atoms with Crippen molar-refractivity contribution in [2.24, 2.45) is 5.92 Å². The number of pyridine rings is 2. The summed E-state index contributed by atoms with van der Waals surface area (Å²) in [6.45, 7) is 2.50. The molecule has 3 aromatic heterocycles. The lowest BCUT2D eigenvalue weighted by Crippen LogP contribution is -2.46. The predicted octanol–water partition coefficient (Wildman–Crippen LogP) is 11.5. The van der Waals surface area contributed by atoms with Crippen molar-refractivity contribution >= 4 is 37.7 Å². The first-order chi connectivity index (χ1) is 24.0. The fraction of sp³-hybridized carbons (Fsp3) is 0.227. The van der Waals surface area contributed by atoms with Crippen molar-refractivity contribution in [1.82, 2.24) is 19.9 Å². The molecule has 2 aliphatic carbocycles. The molecule has 0 saturated heterocycles. The molecule has 9 rings (SSSR count). The van der Waals surface area contributed by atoms with Crippen molar-refractivity contribution in [2.75, 3.05) is 0 Å². The molecule has 49 heavy (non-hydrogen) atoms. The van der Waals surface area contributed by atoms with Gasteiger partial charge in [-0.05, 0) is 77.8 Å². The number of nitrogens with zero attached hydrogens (tertiary/aromatic N) is 4. The van der Waals surface area contributed by atoms with Crippen LogP contribution in [0, 0.1) is 5.92 Å². The largest absolute Gasteiger partial charge is 0.256 e. The maximum atomic E-state index is 5.19. The molecule has 5 heteroatoms. The van der Waals surface area contributed by atoms with Gasteiger partial charge in [0.2, 0.25) is 0 Å². The van der Waals surface area contributed by atoms with Crippen LogP contribution in [0.5, 0.6) is 0 Å². The summed E-state index contributed by atoms with van der Waals surface area (Å²) in [6.07, 6.45) is 11.1. The van der Waals surface area contributed by atoms with Crippen molar-refractivity contribution in [3.8, 4) is 33.9 Å². The summed E-state index contributed by atoms with van der Waals surface area (Å²) in [6, 6.07) is 40.6. The van der Waals surface area contributed by atoms with Gasteiger partial charge in [0.15, 0.2) is 5.82 Å². The number of rotatable bonds is 5. The molecular weight excluding hydrogens is 664 g/mol. The lowest BCUT2D eigenvalue weighted by atomic mass is 9.50. The molecule has 0 aliphatic heterocycles. The zero-order chi connectivity index (χ0) is 33.0. The van der Waals surface area contributed by atoms with Crippen molar-refractivity contribution in [1.29, 1.82) is 0 Å². The van der Waals surface area contributed by atoms with Gasteiger partial charge in [-0.3, -0.25) is 9.97 Å². The van der Waals surface area contributed by atoms with Crippen molar-refractivity contribution < 1.29 is 0 Å². The molecule has 2 saturated carbocycles. The molecule has 7 aromatic rings. The first kappa shape index (κ1) is 30.3. The number of fused-ring (bicyclic) bond motifs is 4. The molecule has 2 bridgehead atoms. The molecule has 3 unspecified atom stereocenters. The fourth-order valence-electron chi connectivity index (χ4n) is 9.33. The first-order valence-corrected chi connectivity index (χ1v) is 18.2. The van der Waals surface area contributed by atoms with E-state index < -0.39 is 0 Å². The molecule has 0 N–H and O–H groups in total. The summed E-state index contributed by atoms with van der Waals surface area (Å²) in [4.78, 5) is 20.4. The van der Waals surface area contributed by atoms with Crippen LogP contribution >= 0.6 is 15.9 Å². The number of benzene rings is 4. The Morgan fingerprint density at radius 3 is 2.10 bits per heavy atom. The van der Waals surface area contributed by atoms with E-state index in [0.717, 1.165) is 61.2 Å². The lowest BCUT2D eigenvalue weighted by Gasteiger charge is -2.53. The van der Waals surface area contributed by atoms with E-state index in [1.165, 1.54) is 48.6 Å². The first-order valence-electron chi connectivity index (χ1n) is 17.4. The van der Waals surface area contributed by atoms with Gasteiger partial charge in [-0.25, -0.2) is 9.97 Å². The van der Waals surface area contributed by atoms with Crippen LogP contribution in [0.4, 0.5) is 0 Å². The zero-order valence-electron chi connectivity index (χ0n) is 27.6. The standard InChI is InChI=1S/C44H37BrN4/c1-43(26-29-11-8-22-44(27-29,28-43)36-20-21-37(45)34-17-10-24-47-41(34)36)35-19-18-32(33-16-9-23-46-40(33)35)39-25-38(30-12-4-2-5-13-30)48-42(49-39)31-14-6-3-7-15-31/h2-7,9-10,12-21,23-25,29H,8,11,22,26-28H2,1H3. The normalized spacial score (nSPS) is 22.0. The van der Waals surface area contributed by atoms with E-state index in [1.54, 1.807) is 0 Å². The Morgan fingerprint density at radius 1 is 0.653 bits per heavy atom. The minimum atomic E-state index is -0.0429. The number of aromatic nitrogens is 4. The van der Waals surface area contributed by atoms with E-state index in [1.807, 2.05) is 42.7 Å². The molecule has 4 aromatic carbocycles. The van der Waals surface area contributed by atoms with Gasteiger partial charge in [-0.2, -0.15) is 0 Å². The lowest BCUT2D eigenvalue weighted by molar-refractivity contribution is 0.0889. The number of halogens is 1. The third-order valence-corrected chi connectivity index (χ3v) is 11.9. The van der Waals surface area contributed by atoms with Crippen molar-refractivity contribution in [3.05, 3.63) is 143 Å². The smallest absolute Gasteiger partial charge is 0.160 e. The summed E-state index contributed by atoms with van der Waals surface area (Å²) in [5, 5.41) is 2.34. The topological polar surface area (TPSA) is 51.6 Å². The van der Waals surface area contributed by atoms with Gasteiger partial charge in [0.05, 0.1) is 22.4 Å². The second-order valence-corrected chi connectivity index (χ2v) is 15.3. The molecule has 0 radical (unpaired) electrons. The molecule has 4 nitrogen and oxygen atoms in total. The summed E-state index contributed by atoms with van der Waals surface area (Å²) in [5.41, 5.74) is 10.00. The van der Waals surface area contributed by atoms with Gasteiger partial charge < -0.3 is 0 Å². The average Bonchev–Trinajstić information content (AvgIpc) is 3.15. The number of hydrogen-bond donors (Lipinski definition) is 0. The molecule has 0 spiro atoms. The van der Waals surface area contributed by atoms with E-state index >= 15 is 0 Å². The summed E-state index contributed by atoms with van der Waals surface area (Å²) in [7, 11) is 0. The van der Waals surface area contributed by atoms with Gasteiger partial charge in [-0.15, -0.1) is 0 Å². The maximum Gasteiger partial charge on any atom is 0.160 e. The van der Waals surface area contributed by atoms with Gasteiger partial charge in [0, 0.05) is 44.3 Å². The van der Waals surface area contributed by atoms with E-state index in [4.69, 9.17) is 19.9 Å². The van der Waals surface area contributed by atoms with Gasteiger partial charge in [0.1, 0.15) is 0 Å². The van der Waals surface area contributed by atoms with Crippen LogP contribution in [-0.2, 0) is 10.8 Å². The molecule has 0 amide bonds. The van der Waals surface area contributed by atoms with Crippen molar-refractivity contribution in [2.45, 2.75) is 56.3 Å². The molecule has 240 valence electrons. The van der Waals surface area contributed by atoms with E-state index in [2.05, 4.69) is 108 Å². The van der Waals surface area contributed by atoms with E-state index in [9.17, 15) is 0 Å². The monoisotopic (exact) mass is 700 g/mol. The predicted molar refractivity (Wildman–Crippen MR) is 203 cm³/mol. The van der Waals surface area contributed by atoms with Crippen LogP contribution in [-0.4, -0.2) is 19.9 Å². The molecule has 3 atom stereocenters. The van der Waals surface area contributed by atoms with Crippen LogP contribution in [0.15, 0.2) is 132 Å². The third-order valence-electron chi connectivity index (χ3n) is 11.2. The minimum absolute atomic E-state index is 0.0429. The van der Waals surface area contributed by atoms with E-state index in [0.29, 0.717) is 5.92 Å². The molecule has 2 aliphatic rings. The van der Waals surface area contributed by atoms with Crippen LogP contribution in [0.3, 0.4) is 0 Å². The molecular formula is C44H37BrN4. The summed E-state index contributed by atoms with van der Waals surface area (Å²) >= 11 is 3.81. The Bertz CT molecular complexity index is 2280. The van der Waals surface area contributed by atoms with Crippen LogP contribution < -0.4 is 0 Å². The number of hydrogen-bond acceptors (Lipinski definition) is 4. The highest BCUT2D eigenvalue weighted by Gasteiger charge is 2.50. The van der Waals surface area contributed by atoms with Crippen LogP contribution in [0.1, 0.15) is 56.6 Å². The average molecular weight is 702 g/mol. The Morgan fingerprint density at radius 2 is 1.33 bits per heavy atom. The Balaban J connectivity index is 1.19. The highest BCUT2D eigenvalue weighted by molar-refractivity contribution is 9.10. The SMILES string of the molecule is CC1(c2ccc(-c3cc(-c4ccccc4)nc(-c4ccccc4)n3)c3cccnc23)CC2CCCC(c3ccc(Br)c4cccnc34)(C2)C1. The van der Waals surface area contributed by atoms with Crippen LogP contribution in [0.25, 0.3) is 55.7 Å². The van der Waals surface area contributed by atoms with Gasteiger partial charge >= 0.3 is 0 Å². The minimum Gasteiger partial charge on any atom is -0.256 e. The second-order valence-electron chi connectivity index (χ2n) is 14.4.